The second-order valence-electron chi connectivity index (χ2n) is 6.83. The molecule has 6 heteroatoms. The van der Waals surface area contributed by atoms with Crippen LogP contribution in [-0.2, 0) is 16.1 Å². The molecule has 4 nitrogen and oxygen atoms in total. The van der Waals surface area contributed by atoms with Crippen LogP contribution in [0.5, 0.6) is 0 Å². The standard InChI is InChI=1S/C21H26BrNO3.ClH/c1-16-2-4-17(5-3-16)14-25-15-20(24)12-23-10-11-26-21(13-23)18-6-8-19(22)9-7-18;/h2-9,20-21,24H,10-15H2,1H3;1H. The van der Waals surface area contributed by atoms with E-state index in [2.05, 4.69) is 64.2 Å². The van der Waals surface area contributed by atoms with E-state index in [9.17, 15) is 5.11 Å². The number of halogens is 2. The van der Waals surface area contributed by atoms with Gasteiger partial charge in [-0.3, -0.25) is 4.90 Å². The number of β-amino-alcohol motifs (C(OH)–C–C–N with tert-alkyl or cyclic N) is 1. The third-order valence-electron chi connectivity index (χ3n) is 4.56. The Balaban J connectivity index is 0.00000261. The van der Waals surface area contributed by atoms with E-state index < -0.39 is 6.10 Å². The maximum atomic E-state index is 10.3. The normalized spacial score (nSPS) is 18.7. The average molecular weight is 457 g/mol. The Bertz CT molecular complexity index is 681. The van der Waals surface area contributed by atoms with Crippen LogP contribution in [0.1, 0.15) is 22.8 Å². The predicted molar refractivity (Wildman–Crippen MR) is 113 cm³/mol. The van der Waals surface area contributed by atoms with Crippen molar-refractivity contribution in [2.45, 2.75) is 25.7 Å². The molecule has 0 radical (unpaired) electrons. The molecular weight excluding hydrogens is 430 g/mol. The van der Waals surface area contributed by atoms with Crippen molar-refractivity contribution in [1.82, 2.24) is 4.90 Å². The molecule has 148 valence electrons. The third-order valence-corrected chi connectivity index (χ3v) is 5.09. The molecule has 1 aliphatic heterocycles. The summed E-state index contributed by atoms with van der Waals surface area (Å²) in [6.45, 7) is 5.84. The summed E-state index contributed by atoms with van der Waals surface area (Å²) in [5.74, 6) is 0. The predicted octanol–water partition coefficient (Wildman–Crippen LogP) is 4.13. The van der Waals surface area contributed by atoms with E-state index in [1.807, 2.05) is 12.1 Å². The fraction of sp³-hybridized carbons (Fsp3) is 0.429. The van der Waals surface area contributed by atoms with Crippen molar-refractivity contribution in [3.8, 4) is 0 Å². The van der Waals surface area contributed by atoms with Crippen molar-refractivity contribution in [1.29, 1.82) is 0 Å². The zero-order valence-electron chi connectivity index (χ0n) is 15.5. The molecule has 1 fully saturated rings. The highest BCUT2D eigenvalue weighted by atomic mass is 79.9. The molecule has 0 saturated carbocycles. The van der Waals surface area contributed by atoms with E-state index in [0.29, 0.717) is 26.4 Å². The minimum atomic E-state index is -0.496. The molecular formula is C21H27BrClNO3. The molecule has 1 saturated heterocycles. The SMILES string of the molecule is Cc1ccc(COCC(O)CN2CCOC(c3ccc(Br)cc3)C2)cc1.Cl. The third kappa shape index (κ3) is 7.18. The zero-order chi connectivity index (χ0) is 18.4. The molecule has 1 heterocycles. The summed E-state index contributed by atoms with van der Waals surface area (Å²) < 4.78 is 12.6. The van der Waals surface area contributed by atoms with Crippen LogP contribution in [-0.4, -0.2) is 49.0 Å². The number of rotatable bonds is 7. The Morgan fingerprint density at radius 1 is 1.19 bits per heavy atom. The first-order chi connectivity index (χ1) is 12.6. The fourth-order valence-corrected chi connectivity index (χ4v) is 3.36. The Labute approximate surface area is 176 Å². The Morgan fingerprint density at radius 3 is 2.59 bits per heavy atom. The topological polar surface area (TPSA) is 41.9 Å². The van der Waals surface area contributed by atoms with E-state index in [-0.39, 0.29) is 18.5 Å². The molecule has 0 amide bonds. The van der Waals surface area contributed by atoms with Crippen LogP contribution in [0.2, 0.25) is 0 Å². The highest BCUT2D eigenvalue weighted by Gasteiger charge is 2.23. The number of hydrogen-bond donors (Lipinski definition) is 1. The number of nitrogens with zero attached hydrogens (tertiary/aromatic N) is 1. The summed E-state index contributed by atoms with van der Waals surface area (Å²) in [4.78, 5) is 2.25. The number of benzene rings is 2. The maximum Gasteiger partial charge on any atom is 0.0952 e. The average Bonchev–Trinajstić information content (AvgIpc) is 2.64. The summed E-state index contributed by atoms with van der Waals surface area (Å²) in [6.07, 6.45) is -0.443. The van der Waals surface area contributed by atoms with Crippen molar-refractivity contribution in [3.05, 3.63) is 69.7 Å². The summed E-state index contributed by atoms with van der Waals surface area (Å²) in [5, 5.41) is 10.3. The molecule has 2 aromatic rings. The maximum absolute atomic E-state index is 10.3. The molecule has 2 unspecified atom stereocenters. The van der Waals surface area contributed by atoms with Crippen LogP contribution in [0.15, 0.2) is 53.0 Å². The first kappa shape index (κ1) is 22.3. The van der Waals surface area contributed by atoms with Crippen LogP contribution < -0.4 is 0 Å². The highest BCUT2D eigenvalue weighted by molar-refractivity contribution is 9.10. The number of morpholine rings is 1. The lowest BCUT2D eigenvalue weighted by molar-refractivity contribution is -0.0536. The van der Waals surface area contributed by atoms with E-state index >= 15 is 0 Å². The molecule has 2 aromatic carbocycles. The van der Waals surface area contributed by atoms with E-state index in [4.69, 9.17) is 9.47 Å². The Morgan fingerprint density at radius 2 is 1.89 bits per heavy atom. The lowest BCUT2D eigenvalue weighted by Crippen LogP contribution is -2.43. The second kappa shape index (κ2) is 11.1. The largest absolute Gasteiger partial charge is 0.389 e. The summed E-state index contributed by atoms with van der Waals surface area (Å²) in [6, 6.07) is 16.5. The van der Waals surface area contributed by atoms with Gasteiger partial charge in [-0.25, -0.2) is 0 Å². The van der Waals surface area contributed by atoms with Gasteiger partial charge in [-0.2, -0.15) is 0 Å². The molecule has 1 N–H and O–H groups in total. The van der Waals surface area contributed by atoms with E-state index in [1.165, 1.54) is 11.1 Å². The van der Waals surface area contributed by atoms with Gasteiger partial charge in [-0.05, 0) is 30.2 Å². The van der Waals surface area contributed by atoms with Crippen molar-refractivity contribution >= 4 is 28.3 Å². The number of aliphatic hydroxyl groups excluding tert-OH is 1. The van der Waals surface area contributed by atoms with Crippen molar-refractivity contribution in [2.24, 2.45) is 0 Å². The number of aliphatic hydroxyl groups is 1. The number of ether oxygens (including phenoxy) is 2. The highest BCUT2D eigenvalue weighted by Crippen LogP contribution is 2.24. The van der Waals surface area contributed by atoms with Gasteiger partial charge in [0.25, 0.3) is 0 Å². The van der Waals surface area contributed by atoms with Gasteiger partial charge in [0.05, 0.1) is 32.0 Å². The van der Waals surface area contributed by atoms with Crippen LogP contribution in [0.3, 0.4) is 0 Å². The van der Waals surface area contributed by atoms with Crippen LogP contribution in [0.25, 0.3) is 0 Å². The molecule has 0 aromatic heterocycles. The lowest BCUT2D eigenvalue weighted by Gasteiger charge is -2.34. The minimum absolute atomic E-state index is 0. The summed E-state index contributed by atoms with van der Waals surface area (Å²) in [7, 11) is 0. The molecule has 27 heavy (non-hydrogen) atoms. The van der Waals surface area contributed by atoms with Crippen LogP contribution in [0, 0.1) is 6.92 Å². The van der Waals surface area contributed by atoms with E-state index in [1.54, 1.807) is 0 Å². The van der Waals surface area contributed by atoms with Gasteiger partial charge in [0.2, 0.25) is 0 Å². The number of aryl methyl sites for hydroxylation is 1. The fourth-order valence-electron chi connectivity index (χ4n) is 3.10. The molecule has 2 atom stereocenters. The molecule has 0 bridgehead atoms. The summed E-state index contributed by atoms with van der Waals surface area (Å²) in [5.41, 5.74) is 3.54. The lowest BCUT2D eigenvalue weighted by atomic mass is 10.1. The molecule has 0 aliphatic carbocycles. The van der Waals surface area contributed by atoms with Crippen LogP contribution in [0.4, 0.5) is 0 Å². The Kier molecular flexibility index (Phi) is 9.22. The van der Waals surface area contributed by atoms with Crippen molar-refractivity contribution in [3.63, 3.8) is 0 Å². The smallest absolute Gasteiger partial charge is 0.0952 e. The monoisotopic (exact) mass is 455 g/mol. The number of hydrogen-bond acceptors (Lipinski definition) is 4. The van der Waals surface area contributed by atoms with Gasteiger partial charge in [0, 0.05) is 24.1 Å². The first-order valence-electron chi connectivity index (χ1n) is 9.01. The summed E-state index contributed by atoms with van der Waals surface area (Å²) >= 11 is 3.46. The molecule has 3 rings (SSSR count). The second-order valence-corrected chi connectivity index (χ2v) is 7.74. The van der Waals surface area contributed by atoms with Gasteiger partial charge in [-0.15, -0.1) is 12.4 Å². The quantitative estimate of drug-likeness (QED) is 0.680. The van der Waals surface area contributed by atoms with Gasteiger partial charge >= 0.3 is 0 Å². The Hall–Kier alpha value is -0.950. The van der Waals surface area contributed by atoms with Crippen molar-refractivity contribution in [2.75, 3.05) is 32.8 Å². The van der Waals surface area contributed by atoms with Crippen LogP contribution >= 0.6 is 28.3 Å². The van der Waals surface area contributed by atoms with Gasteiger partial charge < -0.3 is 14.6 Å². The zero-order valence-corrected chi connectivity index (χ0v) is 17.9. The molecule has 1 aliphatic rings. The minimum Gasteiger partial charge on any atom is -0.389 e. The van der Waals surface area contributed by atoms with E-state index in [0.717, 1.165) is 23.1 Å². The molecule has 0 spiro atoms. The van der Waals surface area contributed by atoms with Crippen molar-refractivity contribution < 1.29 is 14.6 Å². The first-order valence-corrected chi connectivity index (χ1v) is 9.80. The van der Waals surface area contributed by atoms with Gasteiger partial charge in [0.1, 0.15) is 0 Å². The van der Waals surface area contributed by atoms with Gasteiger partial charge in [-0.1, -0.05) is 57.9 Å². The van der Waals surface area contributed by atoms with Gasteiger partial charge in [0.15, 0.2) is 0 Å².